The number of rotatable bonds is 4. The fourth-order valence-electron chi connectivity index (χ4n) is 2.21. The van der Waals surface area contributed by atoms with Gasteiger partial charge in [-0.3, -0.25) is 0 Å². The van der Waals surface area contributed by atoms with Crippen LogP contribution in [0, 0.1) is 0 Å². The first kappa shape index (κ1) is 11.4. The molecule has 2 atom stereocenters. The Morgan fingerprint density at radius 2 is 2.31 bits per heavy atom. The van der Waals surface area contributed by atoms with Crippen LogP contribution in [-0.4, -0.2) is 24.3 Å². The molecule has 1 aliphatic heterocycles. The Balaban J connectivity index is 2.17. The van der Waals surface area contributed by atoms with Crippen molar-refractivity contribution in [1.82, 2.24) is 5.32 Å². The van der Waals surface area contributed by atoms with Crippen LogP contribution in [0.25, 0.3) is 0 Å². The summed E-state index contributed by atoms with van der Waals surface area (Å²) in [4.78, 5) is 0. The Bertz CT molecular complexity index is 334. The second-order valence-electron chi connectivity index (χ2n) is 4.12. The average Bonchev–Trinajstić information content (AvgIpc) is 2.83. The minimum absolute atomic E-state index is 0.168. The van der Waals surface area contributed by atoms with Crippen LogP contribution in [0.1, 0.15) is 31.4 Å². The molecule has 0 radical (unpaired) electrons. The van der Waals surface area contributed by atoms with Crippen molar-refractivity contribution >= 4 is 0 Å². The van der Waals surface area contributed by atoms with Gasteiger partial charge in [-0.15, -0.1) is 0 Å². The maximum absolute atomic E-state index is 10.3. The van der Waals surface area contributed by atoms with Crippen LogP contribution < -0.4 is 10.1 Å². The summed E-state index contributed by atoms with van der Waals surface area (Å²) in [6, 6.07) is 7.90. The molecule has 1 heterocycles. The van der Waals surface area contributed by atoms with Crippen LogP contribution in [0.2, 0.25) is 0 Å². The summed E-state index contributed by atoms with van der Waals surface area (Å²) < 4.78 is 5.53. The molecule has 0 aliphatic carbocycles. The topological polar surface area (TPSA) is 41.5 Å². The predicted molar refractivity (Wildman–Crippen MR) is 63.6 cm³/mol. The maximum Gasteiger partial charge on any atom is 0.125 e. The first-order chi connectivity index (χ1) is 7.83. The summed E-state index contributed by atoms with van der Waals surface area (Å²) in [7, 11) is 0. The lowest BCUT2D eigenvalue weighted by Gasteiger charge is -2.21. The number of aliphatic hydroxyl groups excluding tert-OH is 1. The Kier molecular flexibility index (Phi) is 3.80. The van der Waals surface area contributed by atoms with Gasteiger partial charge in [0, 0.05) is 11.6 Å². The van der Waals surface area contributed by atoms with Gasteiger partial charge < -0.3 is 15.2 Å². The normalized spacial score (nSPS) is 22.0. The number of benzene rings is 1. The second-order valence-corrected chi connectivity index (χ2v) is 4.12. The first-order valence-electron chi connectivity index (χ1n) is 5.96. The molecule has 0 aromatic heterocycles. The molecule has 3 nitrogen and oxygen atoms in total. The van der Waals surface area contributed by atoms with E-state index in [1.54, 1.807) is 0 Å². The van der Waals surface area contributed by atoms with E-state index in [9.17, 15) is 5.11 Å². The Hall–Kier alpha value is -1.06. The third-order valence-corrected chi connectivity index (χ3v) is 3.02. The highest BCUT2D eigenvalue weighted by molar-refractivity contribution is 5.36. The molecule has 1 aromatic rings. The summed E-state index contributed by atoms with van der Waals surface area (Å²) in [6.07, 6.45) is 1.70. The Morgan fingerprint density at radius 3 is 3.00 bits per heavy atom. The molecular weight excluding hydrogens is 202 g/mol. The van der Waals surface area contributed by atoms with Crippen molar-refractivity contribution < 1.29 is 9.84 Å². The quantitative estimate of drug-likeness (QED) is 0.815. The maximum atomic E-state index is 10.3. The predicted octanol–water partition coefficient (Wildman–Crippen LogP) is 1.87. The zero-order chi connectivity index (χ0) is 11.4. The van der Waals surface area contributed by atoms with Crippen LogP contribution in [-0.2, 0) is 0 Å². The standard InChI is InChI=1S/C13H19NO2/c1-2-16-12-8-4-3-6-10(12)13(15)11-7-5-9-14-11/h3-4,6,8,11,13-15H,2,5,7,9H2,1H3. The van der Waals surface area contributed by atoms with Gasteiger partial charge in [0.05, 0.1) is 12.7 Å². The van der Waals surface area contributed by atoms with E-state index in [1.165, 1.54) is 0 Å². The summed E-state index contributed by atoms with van der Waals surface area (Å²) >= 11 is 0. The van der Waals surface area contributed by atoms with Gasteiger partial charge in [-0.1, -0.05) is 18.2 Å². The molecule has 1 saturated heterocycles. The van der Waals surface area contributed by atoms with E-state index in [1.807, 2.05) is 31.2 Å². The van der Waals surface area contributed by atoms with Gasteiger partial charge in [0.15, 0.2) is 0 Å². The number of para-hydroxylation sites is 1. The zero-order valence-electron chi connectivity index (χ0n) is 9.65. The van der Waals surface area contributed by atoms with Gasteiger partial charge >= 0.3 is 0 Å². The summed E-state index contributed by atoms with van der Waals surface area (Å²) in [5.41, 5.74) is 0.892. The smallest absolute Gasteiger partial charge is 0.125 e. The molecule has 88 valence electrons. The van der Waals surface area contributed by atoms with Crippen molar-refractivity contribution in [3.8, 4) is 5.75 Å². The molecule has 0 amide bonds. The molecule has 0 bridgehead atoms. The van der Waals surface area contributed by atoms with Gasteiger partial charge in [0.2, 0.25) is 0 Å². The molecule has 1 aromatic carbocycles. The molecular formula is C13H19NO2. The van der Waals surface area contributed by atoms with Crippen molar-refractivity contribution in [2.75, 3.05) is 13.2 Å². The number of nitrogens with one attached hydrogen (secondary N) is 1. The highest BCUT2D eigenvalue weighted by Crippen LogP contribution is 2.30. The molecule has 0 saturated carbocycles. The number of hydrogen-bond donors (Lipinski definition) is 2. The number of ether oxygens (including phenoxy) is 1. The van der Waals surface area contributed by atoms with Crippen molar-refractivity contribution in [2.45, 2.75) is 31.9 Å². The number of aliphatic hydroxyl groups is 1. The lowest BCUT2D eigenvalue weighted by atomic mass is 10.0. The fourth-order valence-corrected chi connectivity index (χ4v) is 2.21. The van der Waals surface area contributed by atoms with Gasteiger partial charge in [-0.05, 0) is 32.4 Å². The monoisotopic (exact) mass is 221 g/mol. The third-order valence-electron chi connectivity index (χ3n) is 3.02. The molecule has 1 aliphatic rings. The zero-order valence-corrected chi connectivity index (χ0v) is 9.65. The van der Waals surface area contributed by atoms with E-state index in [2.05, 4.69) is 5.32 Å². The highest BCUT2D eigenvalue weighted by atomic mass is 16.5. The molecule has 1 fully saturated rings. The molecule has 2 rings (SSSR count). The molecule has 3 heteroatoms. The summed E-state index contributed by atoms with van der Waals surface area (Å²) in [5, 5.41) is 13.6. The lowest BCUT2D eigenvalue weighted by molar-refractivity contribution is 0.133. The van der Waals surface area contributed by atoms with Crippen LogP contribution in [0.3, 0.4) is 0 Å². The van der Waals surface area contributed by atoms with E-state index in [-0.39, 0.29) is 6.04 Å². The molecule has 2 unspecified atom stereocenters. The van der Waals surface area contributed by atoms with Crippen LogP contribution in [0.15, 0.2) is 24.3 Å². The van der Waals surface area contributed by atoms with Crippen molar-refractivity contribution in [3.05, 3.63) is 29.8 Å². The van der Waals surface area contributed by atoms with Crippen LogP contribution in [0.5, 0.6) is 5.75 Å². The number of hydrogen-bond acceptors (Lipinski definition) is 3. The molecule has 0 spiro atoms. The van der Waals surface area contributed by atoms with Gasteiger partial charge in [0.25, 0.3) is 0 Å². The fraction of sp³-hybridized carbons (Fsp3) is 0.538. The Morgan fingerprint density at radius 1 is 1.50 bits per heavy atom. The highest BCUT2D eigenvalue weighted by Gasteiger charge is 2.25. The minimum Gasteiger partial charge on any atom is -0.493 e. The third kappa shape index (κ3) is 2.36. The largest absolute Gasteiger partial charge is 0.493 e. The summed E-state index contributed by atoms with van der Waals surface area (Å²) in [6.45, 7) is 3.58. The van der Waals surface area contributed by atoms with Crippen molar-refractivity contribution in [2.24, 2.45) is 0 Å². The lowest BCUT2D eigenvalue weighted by Crippen LogP contribution is -2.29. The SMILES string of the molecule is CCOc1ccccc1C(O)C1CCCN1. The van der Waals surface area contributed by atoms with Crippen molar-refractivity contribution in [3.63, 3.8) is 0 Å². The van der Waals surface area contributed by atoms with Crippen LogP contribution in [0.4, 0.5) is 0 Å². The van der Waals surface area contributed by atoms with E-state index in [4.69, 9.17) is 4.74 Å². The Labute approximate surface area is 96.4 Å². The second kappa shape index (κ2) is 5.32. The summed E-state index contributed by atoms with van der Waals surface area (Å²) in [5.74, 6) is 0.797. The van der Waals surface area contributed by atoms with E-state index in [0.29, 0.717) is 6.61 Å². The van der Waals surface area contributed by atoms with Crippen molar-refractivity contribution in [1.29, 1.82) is 0 Å². The van der Waals surface area contributed by atoms with E-state index in [0.717, 1.165) is 30.7 Å². The average molecular weight is 221 g/mol. The van der Waals surface area contributed by atoms with Gasteiger partial charge in [-0.25, -0.2) is 0 Å². The first-order valence-corrected chi connectivity index (χ1v) is 5.96. The van der Waals surface area contributed by atoms with E-state index >= 15 is 0 Å². The van der Waals surface area contributed by atoms with Gasteiger partial charge in [0.1, 0.15) is 5.75 Å². The minimum atomic E-state index is -0.467. The molecule has 2 N–H and O–H groups in total. The van der Waals surface area contributed by atoms with Gasteiger partial charge in [-0.2, -0.15) is 0 Å². The van der Waals surface area contributed by atoms with Crippen LogP contribution >= 0.6 is 0 Å². The van der Waals surface area contributed by atoms with E-state index < -0.39 is 6.10 Å². The molecule has 16 heavy (non-hydrogen) atoms.